The maximum atomic E-state index is 12.2. The van der Waals surface area contributed by atoms with Crippen molar-refractivity contribution in [2.24, 2.45) is 5.73 Å². The highest BCUT2D eigenvalue weighted by Gasteiger charge is 2.18. The molecule has 0 heterocycles. The van der Waals surface area contributed by atoms with Crippen LogP contribution in [0.25, 0.3) is 0 Å². The number of sulfonamides is 1. The summed E-state index contributed by atoms with van der Waals surface area (Å²) in [5.41, 5.74) is 7.28. The van der Waals surface area contributed by atoms with E-state index in [0.717, 1.165) is 11.1 Å². The number of benzene rings is 1. The molecule has 0 aromatic heterocycles. The molecule has 0 radical (unpaired) electrons. The first kappa shape index (κ1) is 16.1. The molecule has 2 N–H and O–H groups in total. The quantitative estimate of drug-likeness (QED) is 0.791. The van der Waals surface area contributed by atoms with E-state index in [4.69, 9.17) is 5.73 Å². The van der Waals surface area contributed by atoms with Gasteiger partial charge in [-0.25, -0.2) is 12.7 Å². The van der Waals surface area contributed by atoms with E-state index < -0.39 is 10.0 Å². The van der Waals surface area contributed by atoms with Crippen LogP contribution >= 0.6 is 0 Å². The Labute approximate surface area is 116 Å². The summed E-state index contributed by atoms with van der Waals surface area (Å²) >= 11 is 0. The minimum atomic E-state index is -3.27. The van der Waals surface area contributed by atoms with E-state index in [-0.39, 0.29) is 5.75 Å². The molecule has 0 aliphatic carbocycles. The molecule has 0 aliphatic heterocycles. The van der Waals surface area contributed by atoms with Crippen molar-refractivity contribution in [2.75, 3.05) is 34.2 Å². The van der Waals surface area contributed by atoms with Gasteiger partial charge in [0.2, 0.25) is 10.0 Å². The Morgan fingerprint density at radius 1 is 1.11 bits per heavy atom. The number of rotatable bonds is 7. The van der Waals surface area contributed by atoms with Gasteiger partial charge >= 0.3 is 0 Å². The van der Waals surface area contributed by atoms with Crippen LogP contribution < -0.4 is 5.73 Å². The van der Waals surface area contributed by atoms with Crippen molar-refractivity contribution in [2.45, 2.75) is 12.3 Å². The van der Waals surface area contributed by atoms with Crippen LogP contribution in [0.1, 0.15) is 11.1 Å². The van der Waals surface area contributed by atoms with E-state index in [1.807, 2.05) is 43.3 Å². The van der Waals surface area contributed by atoms with E-state index in [2.05, 4.69) is 0 Å². The van der Waals surface area contributed by atoms with Crippen molar-refractivity contribution < 1.29 is 8.42 Å². The predicted molar refractivity (Wildman–Crippen MR) is 78.1 cm³/mol. The van der Waals surface area contributed by atoms with Gasteiger partial charge in [-0.2, -0.15) is 0 Å². The number of nitrogens with zero attached hydrogens (tertiary/aromatic N) is 2. The largest absolute Gasteiger partial charge is 0.326 e. The third kappa shape index (κ3) is 5.28. The lowest BCUT2D eigenvalue weighted by Gasteiger charge is -2.19. The van der Waals surface area contributed by atoms with Gasteiger partial charge in [0.25, 0.3) is 0 Å². The van der Waals surface area contributed by atoms with Crippen molar-refractivity contribution in [1.82, 2.24) is 9.21 Å². The van der Waals surface area contributed by atoms with E-state index in [0.29, 0.717) is 19.6 Å². The minimum Gasteiger partial charge on any atom is -0.326 e. The van der Waals surface area contributed by atoms with E-state index >= 15 is 0 Å². The summed E-state index contributed by atoms with van der Waals surface area (Å²) in [6, 6.07) is 7.40. The first-order valence-electron chi connectivity index (χ1n) is 6.22. The summed E-state index contributed by atoms with van der Waals surface area (Å²) in [4.78, 5) is 1.96. The van der Waals surface area contributed by atoms with E-state index in [1.165, 1.54) is 4.31 Å². The number of hydrogen-bond acceptors (Lipinski definition) is 4. The first-order valence-corrected chi connectivity index (χ1v) is 7.82. The molecule has 1 aromatic carbocycles. The normalized spacial score (nSPS) is 12.3. The molecule has 108 valence electrons. The molecule has 0 saturated carbocycles. The van der Waals surface area contributed by atoms with E-state index in [1.54, 1.807) is 7.05 Å². The highest BCUT2D eigenvalue weighted by Crippen LogP contribution is 2.11. The lowest BCUT2D eigenvalue weighted by atomic mass is 10.1. The summed E-state index contributed by atoms with van der Waals surface area (Å²) in [5.74, 6) is 0.0186. The lowest BCUT2D eigenvalue weighted by Crippen LogP contribution is -2.34. The molecule has 5 nitrogen and oxygen atoms in total. The SMILES string of the molecule is CN(C)CCN(C)S(=O)(=O)Cc1cccc(CN)c1. The van der Waals surface area contributed by atoms with Gasteiger partial charge in [-0.05, 0) is 25.2 Å². The summed E-state index contributed by atoms with van der Waals surface area (Å²) in [6.45, 7) is 1.62. The second kappa shape index (κ2) is 7.00. The van der Waals surface area contributed by atoms with Crippen LogP contribution in [0.3, 0.4) is 0 Å². The molecular formula is C13H23N3O2S. The highest BCUT2D eigenvalue weighted by atomic mass is 32.2. The third-order valence-electron chi connectivity index (χ3n) is 2.91. The lowest BCUT2D eigenvalue weighted by molar-refractivity contribution is 0.358. The van der Waals surface area contributed by atoms with Crippen molar-refractivity contribution in [1.29, 1.82) is 0 Å². The molecule has 1 aromatic rings. The number of nitrogens with two attached hydrogens (primary N) is 1. The molecule has 0 aliphatic rings. The van der Waals surface area contributed by atoms with Crippen LogP contribution in [0.4, 0.5) is 0 Å². The van der Waals surface area contributed by atoms with Gasteiger partial charge in [0.05, 0.1) is 5.75 Å². The Hall–Kier alpha value is -0.950. The molecule has 0 spiro atoms. The summed E-state index contributed by atoms with van der Waals surface area (Å²) < 4.78 is 25.8. The van der Waals surface area contributed by atoms with Crippen LogP contribution in [0, 0.1) is 0 Å². The van der Waals surface area contributed by atoms with Crippen molar-refractivity contribution in [3.63, 3.8) is 0 Å². The van der Waals surface area contributed by atoms with Gasteiger partial charge in [0.15, 0.2) is 0 Å². The molecule has 0 amide bonds. The summed E-state index contributed by atoms with van der Waals surface area (Å²) in [7, 11) is 2.19. The van der Waals surface area contributed by atoms with Crippen molar-refractivity contribution >= 4 is 10.0 Å². The maximum Gasteiger partial charge on any atom is 0.218 e. The van der Waals surface area contributed by atoms with Gasteiger partial charge < -0.3 is 10.6 Å². The average Bonchev–Trinajstić information content (AvgIpc) is 2.35. The third-order valence-corrected chi connectivity index (χ3v) is 4.74. The molecule has 0 unspecified atom stereocenters. The Morgan fingerprint density at radius 3 is 2.32 bits per heavy atom. The van der Waals surface area contributed by atoms with Gasteiger partial charge in [-0.15, -0.1) is 0 Å². The fourth-order valence-electron chi connectivity index (χ4n) is 1.65. The maximum absolute atomic E-state index is 12.2. The molecule has 0 fully saturated rings. The van der Waals surface area contributed by atoms with Gasteiger partial charge in [-0.3, -0.25) is 0 Å². The van der Waals surface area contributed by atoms with Gasteiger partial charge in [0, 0.05) is 26.7 Å². The van der Waals surface area contributed by atoms with Crippen LogP contribution in [0.15, 0.2) is 24.3 Å². The summed E-state index contributed by atoms with van der Waals surface area (Å²) in [6.07, 6.45) is 0. The second-order valence-electron chi connectivity index (χ2n) is 4.91. The zero-order valence-corrected chi connectivity index (χ0v) is 12.7. The monoisotopic (exact) mass is 285 g/mol. The number of likely N-dealkylation sites (N-methyl/N-ethyl adjacent to an activating group) is 2. The molecule has 19 heavy (non-hydrogen) atoms. The Kier molecular flexibility index (Phi) is 5.93. The van der Waals surface area contributed by atoms with Gasteiger partial charge in [-0.1, -0.05) is 24.3 Å². The van der Waals surface area contributed by atoms with Gasteiger partial charge in [0.1, 0.15) is 0 Å². The summed E-state index contributed by atoms with van der Waals surface area (Å²) in [5, 5.41) is 0. The second-order valence-corrected chi connectivity index (χ2v) is 6.98. The van der Waals surface area contributed by atoms with E-state index in [9.17, 15) is 8.42 Å². The van der Waals surface area contributed by atoms with Crippen LogP contribution in [-0.4, -0.2) is 51.9 Å². The fourth-order valence-corrected chi connectivity index (χ4v) is 2.83. The zero-order chi connectivity index (χ0) is 14.5. The van der Waals surface area contributed by atoms with Crippen molar-refractivity contribution in [3.05, 3.63) is 35.4 Å². The molecule has 0 bridgehead atoms. The zero-order valence-electron chi connectivity index (χ0n) is 11.8. The molecule has 0 atom stereocenters. The average molecular weight is 285 g/mol. The molecule has 6 heteroatoms. The first-order chi connectivity index (χ1) is 8.85. The standard InChI is InChI=1S/C13H23N3O2S/c1-15(2)7-8-16(3)19(17,18)11-13-6-4-5-12(9-13)10-14/h4-6,9H,7-8,10-11,14H2,1-3H3. The van der Waals surface area contributed by atoms with Crippen LogP contribution in [0.5, 0.6) is 0 Å². The Morgan fingerprint density at radius 2 is 1.74 bits per heavy atom. The van der Waals surface area contributed by atoms with Crippen molar-refractivity contribution in [3.8, 4) is 0 Å². The number of hydrogen-bond donors (Lipinski definition) is 1. The fraction of sp³-hybridized carbons (Fsp3) is 0.538. The smallest absolute Gasteiger partial charge is 0.218 e. The topological polar surface area (TPSA) is 66.6 Å². The van der Waals surface area contributed by atoms with Crippen LogP contribution in [-0.2, 0) is 22.3 Å². The Bertz CT molecular complexity index is 500. The Balaban J connectivity index is 2.72. The molecule has 1 rings (SSSR count). The highest BCUT2D eigenvalue weighted by molar-refractivity contribution is 7.88. The minimum absolute atomic E-state index is 0.0186. The predicted octanol–water partition coefficient (Wildman–Crippen LogP) is 0.469. The molecule has 0 saturated heterocycles. The molecular weight excluding hydrogens is 262 g/mol. The van der Waals surface area contributed by atoms with Crippen LogP contribution in [0.2, 0.25) is 0 Å².